The largest absolute Gasteiger partial charge is 0.484 e. The smallest absolute Gasteiger partial charge is 0.422 e. The molecule has 0 spiro atoms. The van der Waals surface area contributed by atoms with E-state index in [1.807, 2.05) is 11.8 Å². The maximum atomic E-state index is 12.7. The molecule has 168 valence electrons. The Bertz CT molecular complexity index is 928. The van der Waals surface area contributed by atoms with Crippen molar-refractivity contribution >= 4 is 17.6 Å². The third-order valence-corrected chi connectivity index (χ3v) is 4.62. The van der Waals surface area contributed by atoms with Crippen LogP contribution in [0.3, 0.4) is 0 Å². The highest BCUT2D eigenvalue weighted by Gasteiger charge is 2.29. The van der Waals surface area contributed by atoms with Crippen LogP contribution < -0.4 is 15.0 Å². The number of carbonyl (C=O) groups is 1. The Kier molecular flexibility index (Phi) is 7.03. The maximum Gasteiger partial charge on any atom is 0.422 e. The van der Waals surface area contributed by atoms with Gasteiger partial charge in [-0.2, -0.15) is 18.3 Å². The highest BCUT2D eigenvalue weighted by Crippen LogP contribution is 2.23. The summed E-state index contributed by atoms with van der Waals surface area (Å²) < 4.78 is 44.1. The molecule has 2 heterocycles. The summed E-state index contributed by atoms with van der Waals surface area (Å²) in [6, 6.07) is 6.48. The molecule has 1 aliphatic rings. The zero-order valence-electron chi connectivity index (χ0n) is 17.4. The van der Waals surface area contributed by atoms with Crippen molar-refractivity contribution in [2.45, 2.75) is 19.6 Å². The van der Waals surface area contributed by atoms with Gasteiger partial charge in [-0.1, -0.05) is 18.2 Å². The number of aryl methyl sites for hydroxylation is 1. The molecular weight excluding hydrogens is 413 g/mol. The minimum atomic E-state index is -4.42. The number of amides is 1. The topological polar surface area (TPSA) is 75.0 Å². The van der Waals surface area contributed by atoms with Gasteiger partial charge in [0.05, 0.1) is 18.4 Å². The summed E-state index contributed by atoms with van der Waals surface area (Å²) >= 11 is 0. The molecule has 1 saturated heterocycles. The van der Waals surface area contributed by atoms with Gasteiger partial charge in [-0.25, -0.2) is 4.99 Å². The van der Waals surface area contributed by atoms with Gasteiger partial charge in [0.15, 0.2) is 12.6 Å². The molecule has 1 fully saturated rings. The predicted octanol–water partition coefficient (Wildman–Crippen LogP) is 2.18. The van der Waals surface area contributed by atoms with E-state index >= 15 is 0 Å². The SMILES string of the molecule is CCNC(=NCc1ccccc1OCC(F)(F)F)N1CCN(c2cnn(C)c2)C(=O)C1. The number of piperazine rings is 1. The van der Waals surface area contributed by atoms with Gasteiger partial charge >= 0.3 is 6.18 Å². The molecular formula is C20H25F3N6O2. The molecule has 2 aromatic rings. The third-order valence-electron chi connectivity index (χ3n) is 4.62. The van der Waals surface area contributed by atoms with Crippen LogP contribution in [0, 0.1) is 0 Å². The van der Waals surface area contributed by atoms with Crippen molar-refractivity contribution in [2.75, 3.05) is 37.7 Å². The van der Waals surface area contributed by atoms with Gasteiger partial charge in [-0.15, -0.1) is 0 Å². The second-order valence-electron chi connectivity index (χ2n) is 7.02. The fourth-order valence-electron chi connectivity index (χ4n) is 3.20. The van der Waals surface area contributed by atoms with Crippen LogP contribution in [0.2, 0.25) is 0 Å². The minimum Gasteiger partial charge on any atom is -0.484 e. The molecule has 1 aromatic carbocycles. The molecule has 0 unspecified atom stereocenters. The lowest BCUT2D eigenvalue weighted by Gasteiger charge is -2.35. The van der Waals surface area contributed by atoms with E-state index in [4.69, 9.17) is 4.74 Å². The number of para-hydroxylation sites is 1. The molecule has 0 atom stereocenters. The normalized spacial score (nSPS) is 15.4. The zero-order chi connectivity index (χ0) is 22.4. The van der Waals surface area contributed by atoms with E-state index in [2.05, 4.69) is 15.4 Å². The molecule has 0 radical (unpaired) electrons. The van der Waals surface area contributed by atoms with Gasteiger partial charge in [0.2, 0.25) is 5.91 Å². The second kappa shape index (κ2) is 9.71. The summed E-state index contributed by atoms with van der Waals surface area (Å²) in [4.78, 5) is 20.7. The first-order valence-electron chi connectivity index (χ1n) is 9.86. The number of ether oxygens (including phenoxy) is 1. The Hall–Kier alpha value is -3.24. The molecule has 1 amide bonds. The number of halogens is 3. The summed E-state index contributed by atoms with van der Waals surface area (Å²) in [5.74, 6) is 0.572. The van der Waals surface area contributed by atoms with Crippen LogP contribution in [0.15, 0.2) is 41.7 Å². The van der Waals surface area contributed by atoms with Crippen LogP contribution in [0.4, 0.5) is 18.9 Å². The quantitative estimate of drug-likeness (QED) is 0.553. The van der Waals surface area contributed by atoms with Crippen molar-refractivity contribution in [1.82, 2.24) is 20.0 Å². The van der Waals surface area contributed by atoms with E-state index in [-0.39, 0.29) is 24.7 Å². The summed E-state index contributed by atoms with van der Waals surface area (Å²) in [7, 11) is 1.79. The average molecular weight is 438 g/mol. The fourth-order valence-corrected chi connectivity index (χ4v) is 3.20. The lowest BCUT2D eigenvalue weighted by molar-refractivity contribution is -0.153. The number of nitrogens with zero attached hydrogens (tertiary/aromatic N) is 5. The molecule has 0 aliphatic carbocycles. The number of alkyl halides is 3. The highest BCUT2D eigenvalue weighted by molar-refractivity contribution is 5.98. The predicted molar refractivity (Wildman–Crippen MR) is 110 cm³/mol. The Labute approximate surface area is 178 Å². The van der Waals surface area contributed by atoms with Gasteiger partial charge in [-0.3, -0.25) is 9.48 Å². The van der Waals surface area contributed by atoms with Crippen molar-refractivity contribution in [1.29, 1.82) is 0 Å². The second-order valence-corrected chi connectivity index (χ2v) is 7.02. The summed E-state index contributed by atoms with van der Waals surface area (Å²) in [5.41, 5.74) is 1.27. The molecule has 3 rings (SSSR count). The average Bonchev–Trinajstić information content (AvgIpc) is 3.15. The Morgan fingerprint density at radius 2 is 2.06 bits per heavy atom. The molecule has 8 nitrogen and oxygen atoms in total. The zero-order valence-corrected chi connectivity index (χ0v) is 17.4. The monoisotopic (exact) mass is 438 g/mol. The number of hydrogen-bond acceptors (Lipinski definition) is 4. The number of guanidine groups is 1. The van der Waals surface area contributed by atoms with Gasteiger partial charge in [0.1, 0.15) is 12.3 Å². The Balaban J connectivity index is 1.69. The number of hydrogen-bond donors (Lipinski definition) is 1. The Morgan fingerprint density at radius 3 is 2.71 bits per heavy atom. The van der Waals surface area contributed by atoms with Gasteiger partial charge in [0, 0.05) is 38.4 Å². The van der Waals surface area contributed by atoms with Crippen LogP contribution in [-0.4, -0.2) is 65.5 Å². The molecule has 0 bridgehead atoms. The first-order chi connectivity index (χ1) is 14.8. The standard InChI is InChI=1S/C20H25F3N6O2/c1-3-24-19(25-10-15-6-4-5-7-17(15)31-14-20(21,22)23)28-8-9-29(18(30)13-28)16-11-26-27(2)12-16/h4-7,11-12H,3,8-10,13-14H2,1-2H3,(H,24,25). The fraction of sp³-hybridized carbons (Fsp3) is 0.450. The number of anilines is 1. The summed E-state index contributed by atoms with van der Waals surface area (Å²) in [6.07, 6.45) is -0.991. The van der Waals surface area contributed by atoms with E-state index in [1.165, 1.54) is 6.07 Å². The first-order valence-corrected chi connectivity index (χ1v) is 9.86. The molecule has 1 N–H and O–H groups in total. The lowest BCUT2D eigenvalue weighted by Crippen LogP contribution is -2.55. The van der Waals surface area contributed by atoms with Gasteiger partial charge in [0.25, 0.3) is 0 Å². The van der Waals surface area contributed by atoms with E-state index in [0.29, 0.717) is 31.2 Å². The first kappa shape index (κ1) is 22.4. The number of benzene rings is 1. The van der Waals surface area contributed by atoms with Gasteiger partial charge in [-0.05, 0) is 13.0 Å². The van der Waals surface area contributed by atoms with Crippen LogP contribution in [0.1, 0.15) is 12.5 Å². The van der Waals surface area contributed by atoms with Crippen molar-refractivity contribution in [3.8, 4) is 5.75 Å². The van der Waals surface area contributed by atoms with E-state index in [1.54, 1.807) is 47.2 Å². The molecule has 0 saturated carbocycles. The van der Waals surface area contributed by atoms with E-state index < -0.39 is 12.8 Å². The highest BCUT2D eigenvalue weighted by atomic mass is 19.4. The minimum absolute atomic E-state index is 0.0845. The number of rotatable bonds is 6. The maximum absolute atomic E-state index is 12.7. The summed E-state index contributed by atoms with van der Waals surface area (Å²) in [6.45, 7) is 2.41. The number of carbonyl (C=O) groups excluding carboxylic acids is 1. The molecule has 1 aliphatic heterocycles. The number of aliphatic imine (C=N–C) groups is 1. The van der Waals surface area contributed by atoms with E-state index in [0.717, 1.165) is 5.69 Å². The number of aromatic nitrogens is 2. The van der Waals surface area contributed by atoms with Crippen LogP contribution in [0.5, 0.6) is 5.75 Å². The van der Waals surface area contributed by atoms with Crippen LogP contribution >= 0.6 is 0 Å². The van der Waals surface area contributed by atoms with Crippen LogP contribution in [0.25, 0.3) is 0 Å². The molecule has 11 heteroatoms. The van der Waals surface area contributed by atoms with Crippen molar-refractivity contribution in [3.63, 3.8) is 0 Å². The van der Waals surface area contributed by atoms with Crippen molar-refractivity contribution in [3.05, 3.63) is 42.2 Å². The summed E-state index contributed by atoms with van der Waals surface area (Å²) in [5, 5.41) is 7.25. The number of nitrogens with one attached hydrogen (secondary N) is 1. The van der Waals surface area contributed by atoms with E-state index in [9.17, 15) is 18.0 Å². The molecule has 1 aromatic heterocycles. The van der Waals surface area contributed by atoms with Crippen LogP contribution in [-0.2, 0) is 18.4 Å². The van der Waals surface area contributed by atoms with Gasteiger partial charge < -0.3 is 19.9 Å². The lowest BCUT2D eigenvalue weighted by atomic mass is 10.2. The van der Waals surface area contributed by atoms with Crippen molar-refractivity contribution < 1.29 is 22.7 Å². The Morgan fingerprint density at radius 1 is 1.29 bits per heavy atom. The third kappa shape index (κ3) is 6.12. The van der Waals surface area contributed by atoms with Crippen molar-refractivity contribution in [2.24, 2.45) is 12.0 Å². The molecule has 31 heavy (non-hydrogen) atoms.